The van der Waals surface area contributed by atoms with Crippen LogP contribution in [-0.2, 0) is 6.54 Å². The van der Waals surface area contributed by atoms with Gasteiger partial charge in [0.05, 0.1) is 6.54 Å². The number of rotatable bonds is 3. The van der Waals surface area contributed by atoms with E-state index in [4.69, 9.17) is 0 Å². The highest BCUT2D eigenvalue weighted by Crippen LogP contribution is 1.99. The third kappa shape index (κ3) is 2.98. The van der Waals surface area contributed by atoms with Gasteiger partial charge in [0.1, 0.15) is 0 Å². The first kappa shape index (κ1) is 9.52. The van der Waals surface area contributed by atoms with Gasteiger partial charge in [-0.25, -0.2) is 0 Å². The van der Waals surface area contributed by atoms with Gasteiger partial charge < -0.3 is 0 Å². The summed E-state index contributed by atoms with van der Waals surface area (Å²) < 4.78 is 0. The van der Waals surface area contributed by atoms with Crippen molar-refractivity contribution in [1.82, 2.24) is 9.97 Å². The highest BCUT2D eigenvalue weighted by Gasteiger charge is 1.87. The van der Waals surface area contributed by atoms with Gasteiger partial charge in [0.2, 0.25) is 0 Å². The van der Waals surface area contributed by atoms with Gasteiger partial charge in [0.25, 0.3) is 0 Å². The van der Waals surface area contributed by atoms with Crippen molar-refractivity contribution in [3.8, 4) is 0 Å². The van der Waals surface area contributed by atoms with Crippen LogP contribution < -0.4 is 0 Å². The first-order valence-electron chi connectivity index (χ1n) is 4.74. The Morgan fingerprint density at radius 3 is 2.20 bits per heavy atom. The summed E-state index contributed by atoms with van der Waals surface area (Å²) in [6.07, 6.45) is 8.91. The van der Waals surface area contributed by atoms with E-state index >= 15 is 0 Å². The molecule has 0 aliphatic carbocycles. The van der Waals surface area contributed by atoms with Crippen LogP contribution in [-0.4, -0.2) is 16.2 Å². The van der Waals surface area contributed by atoms with Crippen LogP contribution in [0.25, 0.3) is 0 Å². The number of pyridine rings is 2. The monoisotopic (exact) mass is 197 g/mol. The second-order valence-corrected chi connectivity index (χ2v) is 3.11. The molecule has 2 rings (SSSR count). The molecule has 0 spiro atoms. The maximum atomic E-state index is 4.33. The van der Waals surface area contributed by atoms with Gasteiger partial charge in [-0.15, -0.1) is 0 Å². The fourth-order valence-corrected chi connectivity index (χ4v) is 1.19. The van der Waals surface area contributed by atoms with Crippen molar-refractivity contribution in [3.63, 3.8) is 0 Å². The second-order valence-electron chi connectivity index (χ2n) is 3.11. The Hall–Kier alpha value is -2.03. The third-order valence-electron chi connectivity index (χ3n) is 1.97. The van der Waals surface area contributed by atoms with Crippen molar-refractivity contribution in [2.75, 3.05) is 0 Å². The quantitative estimate of drug-likeness (QED) is 0.707. The molecule has 0 fully saturated rings. The van der Waals surface area contributed by atoms with Gasteiger partial charge in [-0.2, -0.15) is 0 Å². The second kappa shape index (κ2) is 5.00. The predicted molar refractivity (Wildman–Crippen MR) is 59.8 cm³/mol. The Kier molecular flexibility index (Phi) is 3.18. The zero-order valence-corrected chi connectivity index (χ0v) is 8.24. The average molecular weight is 197 g/mol. The van der Waals surface area contributed by atoms with E-state index in [9.17, 15) is 0 Å². The van der Waals surface area contributed by atoms with Crippen LogP contribution >= 0.6 is 0 Å². The molecule has 3 heteroatoms. The lowest BCUT2D eigenvalue weighted by Gasteiger charge is -1.94. The molecule has 74 valence electrons. The molecule has 15 heavy (non-hydrogen) atoms. The van der Waals surface area contributed by atoms with E-state index in [1.165, 1.54) is 0 Å². The van der Waals surface area contributed by atoms with Gasteiger partial charge in [-0.05, 0) is 35.4 Å². The molecule has 0 amide bonds. The van der Waals surface area contributed by atoms with Crippen molar-refractivity contribution < 1.29 is 0 Å². The standard InChI is InChI=1S/C12H11N3/c1-5-13-6-2-11(1)9-15-10-12-3-7-14-8-4-12/h1-9H,10H2. The third-order valence-corrected chi connectivity index (χ3v) is 1.97. The fourth-order valence-electron chi connectivity index (χ4n) is 1.19. The minimum absolute atomic E-state index is 0.685. The first-order chi connectivity index (χ1) is 7.45. The van der Waals surface area contributed by atoms with Crippen LogP contribution in [0.2, 0.25) is 0 Å². The molecule has 0 radical (unpaired) electrons. The van der Waals surface area contributed by atoms with E-state index in [1.54, 1.807) is 24.8 Å². The molecular weight excluding hydrogens is 186 g/mol. The van der Waals surface area contributed by atoms with Crippen LogP contribution in [0, 0.1) is 0 Å². The number of nitrogens with zero attached hydrogens (tertiary/aromatic N) is 3. The Morgan fingerprint density at radius 1 is 0.933 bits per heavy atom. The summed E-state index contributed by atoms with van der Waals surface area (Å²) >= 11 is 0. The van der Waals surface area contributed by atoms with Crippen molar-refractivity contribution in [2.24, 2.45) is 4.99 Å². The summed E-state index contributed by atoms with van der Waals surface area (Å²) in [5, 5.41) is 0. The molecular formula is C12H11N3. The van der Waals surface area contributed by atoms with Gasteiger partial charge in [-0.3, -0.25) is 15.0 Å². The topological polar surface area (TPSA) is 38.1 Å². The average Bonchev–Trinajstić information content (AvgIpc) is 2.32. The van der Waals surface area contributed by atoms with E-state index < -0.39 is 0 Å². The maximum absolute atomic E-state index is 4.33. The number of hydrogen-bond donors (Lipinski definition) is 0. The molecule has 0 N–H and O–H groups in total. The van der Waals surface area contributed by atoms with E-state index in [0.29, 0.717) is 6.54 Å². The highest BCUT2D eigenvalue weighted by atomic mass is 14.7. The Morgan fingerprint density at radius 2 is 1.53 bits per heavy atom. The summed E-state index contributed by atoms with van der Waals surface area (Å²) in [7, 11) is 0. The van der Waals surface area contributed by atoms with Gasteiger partial charge >= 0.3 is 0 Å². The number of hydrogen-bond acceptors (Lipinski definition) is 3. The minimum Gasteiger partial charge on any atom is -0.288 e. The lowest BCUT2D eigenvalue weighted by atomic mass is 10.2. The molecule has 0 aliphatic rings. The largest absolute Gasteiger partial charge is 0.288 e. The molecule has 2 aromatic rings. The van der Waals surface area contributed by atoms with E-state index in [1.807, 2.05) is 30.5 Å². The zero-order chi connectivity index (χ0) is 10.3. The van der Waals surface area contributed by atoms with Crippen molar-refractivity contribution in [1.29, 1.82) is 0 Å². The van der Waals surface area contributed by atoms with Crippen LogP contribution in [0.1, 0.15) is 11.1 Å². The molecule has 0 unspecified atom stereocenters. The minimum atomic E-state index is 0.685. The molecule has 0 saturated carbocycles. The van der Waals surface area contributed by atoms with Crippen LogP contribution in [0.15, 0.2) is 54.0 Å². The van der Waals surface area contributed by atoms with Gasteiger partial charge in [-0.1, -0.05) is 0 Å². The lowest BCUT2D eigenvalue weighted by Crippen LogP contribution is -1.84. The summed E-state index contributed by atoms with van der Waals surface area (Å²) in [5.41, 5.74) is 2.23. The fraction of sp³-hybridized carbons (Fsp3) is 0.0833. The summed E-state index contributed by atoms with van der Waals surface area (Å²) in [5.74, 6) is 0. The summed E-state index contributed by atoms with van der Waals surface area (Å²) in [4.78, 5) is 12.2. The highest BCUT2D eigenvalue weighted by molar-refractivity contribution is 5.79. The lowest BCUT2D eigenvalue weighted by molar-refractivity contribution is 1.06. The van der Waals surface area contributed by atoms with Gasteiger partial charge in [0, 0.05) is 31.0 Å². The number of aliphatic imine (C=N–C) groups is 1. The van der Waals surface area contributed by atoms with Crippen LogP contribution in [0.4, 0.5) is 0 Å². The Balaban J connectivity index is 1.97. The predicted octanol–water partition coefficient (Wildman–Crippen LogP) is 2.10. The molecule has 2 aromatic heterocycles. The SMILES string of the molecule is C(=NCc1ccncc1)c1ccncc1. The molecule has 0 saturated heterocycles. The van der Waals surface area contributed by atoms with Gasteiger partial charge in [0.15, 0.2) is 0 Å². The van der Waals surface area contributed by atoms with E-state index in [2.05, 4.69) is 15.0 Å². The van der Waals surface area contributed by atoms with Crippen molar-refractivity contribution >= 4 is 6.21 Å². The Labute approximate surface area is 88.6 Å². The van der Waals surface area contributed by atoms with Crippen molar-refractivity contribution in [2.45, 2.75) is 6.54 Å². The number of aromatic nitrogens is 2. The van der Waals surface area contributed by atoms with Crippen molar-refractivity contribution in [3.05, 3.63) is 60.2 Å². The van der Waals surface area contributed by atoms with Crippen LogP contribution in [0.3, 0.4) is 0 Å². The normalized spacial score (nSPS) is 10.7. The van der Waals surface area contributed by atoms with Crippen LogP contribution in [0.5, 0.6) is 0 Å². The van der Waals surface area contributed by atoms with E-state index in [-0.39, 0.29) is 0 Å². The maximum Gasteiger partial charge on any atom is 0.0641 e. The molecule has 0 aromatic carbocycles. The molecule has 0 aliphatic heterocycles. The molecule has 2 heterocycles. The smallest absolute Gasteiger partial charge is 0.0641 e. The summed E-state index contributed by atoms with van der Waals surface area (Å²) in [6.45, 7) is 0.685. The zero-order valence-electron chi connectivity index (χ0n) is 8.24. The Bertz CT molecular complexity index is 423. The first-order valence-corrected chi connectivity index (χ1v) is 4.74. The molecule has 0 atom stereocenters. The molecule has 0 bridgehead atoms. The van der Waals surface area contributed by atoms with E-state index in [0.717, 1.165) is 11.1 Å². The molecule has 3 nitrogen and oxygen atoms in total. The summed E-state index contributed by atoms with van der Waals surface area (Å²) in [6, 6.07) is 7.78.